The number of ether oxygens (including phenoxy) is 1. The van der Waals surface area contributed by atoms with Crippen LogP contribution in [0.15, 0.2) is 42.5 Å². The monoisotopic (exact) mass is 283 g/mol. The Morgan fingerprint density at radius 2 is 1.95 bits per heavy atom. The molecule has 1 unspecified atom stereocenters. The van der Waals surface area contributed by atoms with Gasteiger partial charge >= 0.3 is 0 Å². The van der Waals surface area contributed by atoms with E-state index in [4.69, 9.17) is 4.74 Å². The van der Waals surface area contributed by atoms with Gasteiger partial charge in [0.25, 0.3) is 0 Å². The predicted octanol–water partition coefficient (Wildman–Crippen LogP) is 4.41. The molecule has 0 saturated carbocycles. The fraction of sp³-hybridized carbons (Fsp3) is 0.333. The van der Waals surface area contributed by atoms with Gasteiger partial charge in [-0.15, -0.1) is 0 Å². The van der Waals surface area contributed by atoms with Crippen molar-refractivity contribution in [2.45, 2.75) is 38.8 Å². The Morgan fingerprint density at radius 1 is 1.19 bits per heavy atom. The zero-order valence-corrected chi connectivity index (χ0v) is 12.7. The first kappa shape index (κ1) is 13.8. The first-order valence-electron chi connectivity index (χ1n) is 7.29. The van der Waals surface area contributed by atoms with Gasteiger partial charge in [-0.1, -0.05) is 18.2 Å². The molecule has 0 spiro atoms. The Labute approximate surface area is 125 Å². The summed E-state index contributed by atoms with van der Waals surface area (Å²) in [6, 6.07) is 13.8. The molecule has 0 amide bonds. The minimum absolute atomic E-state index is 0.198. The van der Waals surface area contributed by atoms with E-state index in [9.17, 15) is 5.11 Å². The van der Waals surface area contributed by atoms with Crippen LogP contribution in [0.5, 0.6) is 11.5 Å². The maximum Gasteiger partial charge on any atom is 0.125 e. The zero-order chi connectivity index (χ0) is 15.0. The SMILES string of the molecule is Cc1cc(O)ccc1NC1CC(C)(C)Oc2ccccc21. The molecule has 110 valence electrons. The molecular formula is C18H21NO2. The summed E-state index contributed by atoms with van der Waals surface area (Å²) in [4.78, 5) is 0. The number of phenols is 1. The Morgan fingerprint density at radius 3 is 2.71 bits per heavy atom. The van der Waals surface area contributed by atoms with Gasteiger partial charge in [0.15, 0.2) is 0 Å². The van der Waals surface area contributed by atoms with Crippen LogP contribution in [0.2, 0.25) is 0 Å². The van der Waals surface area contributed by atoms with E-state index in [2.05, 4.69) is 25.2 Å². The lowest BCUT2D eigenvalue weighted by atomic mass is 9.89. The van der Waals surface area contributed by atoms with Gasteiger partial charge in [0.2, 0.25) is 0 Å². The number of benzene rings is 2. The molecule has 0 aliphatic carbocycles. The highest BCUT2D eigenvalue weighted by atomic mass is 16.5. The largest absolute Gasteiger partial charge is 0.508 e. The highest BCUT2D eigenvalue weighted by Gasteiger charge is 2.33. The van der Waals surface area contributed by atoms with E-state index in [0.29, 0.717) is 5.75 Å². The third-order valence-electron chi connectivity index (χ3n) is 3.92. The summed E-state index contributed by atoms with van der Waals surface area (Å²) in [6.45, 7) is 6.22. The first-order chi connectivity index (χ1) is 9.94. The zero-order valence-electron chi connectivity index (χ0n) is 12.7. The van der Waals surface area contributed by atoms with Gasteiger partial charge in [-0.3, -0.25) is 0 Å². The molecule has 21 heavy (non-hydrogen) atoms. The third-order valence-corrected chi connectivity index (χ3v) is 3.92. The Balaban J connectivity index is 1.94. The van der Waals surface area contributed by atoms with E-state index in [1.54, 1.807) is 12.1 Å². The highest BCUT2D eigenvalue weighted by molar-refractivity contribution is 5.56. The van der Waals surface area contributed by atoms with Gasteiger partial charge < -0.3 is 15.2 Å². The van der Waals surface area contributed by atoms with Crippen molar-refractivity contribution >= 4 is 5.69 Å². The summed E-state index contributed by atoms with van der Waals surface area (Å²) in [5, 5.41) is 13.1. The lowest BCUT2D eigenvalue weighted by Gasteiger charge is -2.38. The summed E-state index contributed by atoms with van der Waals surface area (Å²) < 4.78 is 6.06. The average molecular weight is 283 g/mol. The van der Waals surface area contributed by atoms with Crippen molar-refractivity contribution in [3.8, 4) is 11.5 Å². The summed E-state index contributed by atoms with van der Waals surface area (Å²) in [5.74, 6) is 1.24. The van der Waals surface area contributed by atoms with E-state index in [1.165, 1.54) is 5.56 Å². The molecule has 3 heteroatoms. The van der Waals surface area contributed by atoms with Crippen molar-refractivity contribution in [3.63, 3.8) is 0 Å². The number of anilines is 1. The van der Waals surface area contributed by atoms with Gasteiger partial charge in [-0.05, 0) is 50.6 Å². The Kier molecular flexibility index (Phi) is 3.28. The van der Waals surface area contributed by atoms with Crippen LogP contribution in [0.25, 0.3) is 0 Å². The summed E-state index contributed by atoms with van der Waals surface area (Å²) in [6.07, 6.45) is 0.893. The molecule has 0 fully saturated rings. The van der Waals surface area contributed by atoms with Crippen molar-refractivity contribution in [1.82, 2.24) is 0 Å². The number of nitrogens with one attached hydrogen (secondary N) is 1. The van der Waals surface area contributed by atoms with E-state index < -0.39 is 0 Å². The van der Waals surface area contributed by atoms with E-state index in [-0.39, 0.29) is 11.6 Å². The van der Waals surface area contributed by atoms with Gasteiger partial charge in [-0.25, -0.2) is 0 Å². The predicted molar refractivity (Wildman–Crippen MR) is 85.0 cm³/mol. The van der Waals surface area contributed by atoms with E-state index >= 15 is 0 Å². The minimum Gasteiger partial charge on any atom is -0.508 e. The minimum atomic E-state index is -0.198. The van der Waals surface area contributed by atoms with Gasteiger partial charge in [0, 0.05) is 17.7 Å². The molecular weight excluding hydrogens is 262 g/mol. The maximum atomic E-state index is 9.54. The molecule has 0 saturated heterocycles. The maximum absolute atomic E-state index is 9.54. The standard InChI is InChI=1S/C18H21NO2/c1-12-10-13(20)8-9-15(12)19-16-11-18(2,3)21-17-7-5-4-6-14(16)17/h4-10,16,19-20H,11H2,1-3H3. The highest BCUT2D eigenvalue weighted by Crippen LogP contribution is 2.41. The van der Waals surface area contributed by atoms with Crippen molar-refractivity contribution in [2.75, 3.05) is 5.32 Å². The lowest BCUT2D eigenvalue weighted by molar-refractivity contribution is 0.0759. The average Bonchev–Trinajstić information content (AvgIpc) is 2.40. The second kappa shape index (κ2) is 4.99. The topological polar surface area (TPSA) is 41.5 Å². The fourth-order valence-corrected chi connectivity index (χ4v) is 2.93. The molecule has 1 aliphatic heterocycles. The normalized spacial score (nSPS) is 19.5. The molecule has 2 aromatic carbocycles. The number of fused-ring (bicyclic) bond motifs is 1. The van der Waals surface area contributed by atoms with E-state index in [1.807, 2.05) is 31.2 Å². The van der Waals surface area contributed by atoms with Gasteiger partial charge in [-0.2, -0.15) is 0 Å². The molecule has 1 atom stereocenters. The van der Waals surface area contributed by atoms with Crippen LogP contribution in [-0.2, 0) is 0 Å². The van der Waals surface area contributed by atoms with Crippen LogP contribution in [-0.4, -0.2) is 10.7 Å². The van der Waals surface area contributed by atoms with Gasteiger partial charge in [0.05, 0.1) is 6.04 Å². The number of aromatic hydroxyl groups is 1. The van der Waals surface area contributed by atoms with Crippen LogP contribution in [0.1, 0.15) is 37.4 Å². The van der Waals surface area contributed by atoms with Crippen LogP contribution in [0, 0.1) is 6.92 Å². The summed E-state index contributed by atoms with van der Waals surface area (Å²) in [7, 11) is 0. The molecule has 3 rings (SSSR count). The van der Waals surface area contributed by atoms with Crippen molar-refractivity contribution < 1.29 is 9.84 Å². The van der Waals surface area contributed by atoms with Crippen LogP contribution < -0.4 is 10.1 Å². The van der Waals surface area contributed by atoms with Gasteiger partial charge in [0.1, 0.15) is 17.1 Å². The fourth-order valence-electron chi connectivity index (χ4n) is 2.93. The van der Waals surface area contributed by atoms with Crippen molar-refractivity contribution in [2.24, 2.45) is 0 Å². The molecule has 1 heterocycles. The first-order valence-corrected chi connectivity index (χ1v) is 7.29. The van der Waals surface area contributed by atoms with Crippen LogP contribution in [0.4, 0.5) is 5.69 Å². The van der Waals surface area contributed by atoms with Crippen molar-refractivity contribution in [3.05, 3.63) is 53.6 Å². The molecule has 0 radical (unpaired) electrons. The third kappa shape index (κ3) is 2.82. The Bertz CT molecular complexity index is 664. The number of aryl methyl sites for hydroxylation is 1. The quantitative estimate of drug-likeness (QED) is 0.802. The second-order valence-electron chi connectivity index (χ2n) is 6.30. The van der Waals surface area contributed by atoms with Crippen LogP contribution in [0.3, 0.4) is 0 Å². The number of hydrogen-bond donors (Lipinski definition) is 2. The summed E-state index contributed by atoms with van der Waals surface area (Å²) in [5.41, 5.74) is 3.07. The molecule has 2 N–H and O–H groups in total. The molecule has 1 aliphatic rings. The smallest absolute Gasteiger partial charge is 0.125 e. The summed E-state index contributed by atoms with van der Waals surface area (Å²) >= 11 is 0. The van der Waals surface area contributed by atoms with Crippen molar-refractivity contribution in [1.29, 1.82) is 0 Å². The number of para-hydroxylation sites is 1. The molecule has 3 nitrogen and oxygen atoms in total. The van der Waals surface area contributed by atoms with E-state index in [0.717, 1.165) is 23.4 Å². The lowest BCUT2D eigenvalue weighted by Crippen LogP contribution is -2.37. The van der Waals surface area contributed by atoms with Crippen LogP contribution >= 0.6 is 0 Å². The second-order valence-corrected chi connectivity index (χ2v) is 6.30. The number of rotatable bonds is 2. The number of hydrogen-bond acceptors (Lipinski definition) is 3. The molecule has 2 aromatic rings. The molecule has 0 aromatic heterocycles. The molecule has 0 bridgehead atoms. The number of phenolic OH excluding ortho intramolecular Hbond substituents is 1. The Hall–Kier alpha value is -2.16.